The smallest absolute Gasteiger partial charge is 0.160 e. The lowest BCUT2D eigenvalue weighted by Crippen LogP contribution is -2.48. The standard InChI is InChI=1S/C44H30N4O/c1-3-13-27(14-4-1)41-31-18-7-10-20-34(31)45-44(46-41)48-37-25-23-30-29-17-9-12-22-38(29)49-43(30)40(37)33-24-26-36-39(42(33)48)32-19-8-11-21-35(32)47(36)28-15-5-2-6-16-28/h1-26,34,44-46H. The Balaban J connectivity index is 1.29. The molecule has 5 nitrogen and oxygen atoms in total. The first-order chi connectivity index (χ1) is 24.3. The molecule has 0 bridgehead atoms. The number of rotatable bonds is 3. The number of fused-ring (bicyclic) bond motifs is 12. The second kappa shape index (κ2) is 10.1. The fourth-order valence-corrected chi connectivity index (χ4v) is 8.33. The predicted octanol–water partition coefficient (Wildman–Crippen LogP) is 10.3. The summed E-state index contributed by atoms with van der Waals surface area (Å²) in [7, 11) is 0. The van der Waals surface area contributed by atoms with Gasteiger partial charge >= 0.3 is 0 Å². The zero-order chi connectivity index (χ0) is 32.1. The average molecular weight is 631 g/mol. The summed E-state index contributed by atoms with van der Waals surface area (Å²) in [5.41, 5.74) is 11.1. The Kier molecular flexibility index (Phi) is 5.51. The van der Waals surface area contributed by atoms with Crippen LogP contribution in [0.15, 0.2) is 168 Å². The third-order valence-corrected chi connectivity index (χ3v) is 10.4. The quantitative estimate of drug-likeness (QED) is 0.204. The summed E-state index contributed by atoms with van der Waals surface area (Å²) >= 11 is 0. The topological polar surface area (TPSA) is 47.1 Å². The minimum Gasteiger partial charge on any atom is -0.455 e. The van der Waals surface area contributed by atoms with E-state index in [2.05, 4.69) is 171 Å². The predicted molar refractivity (Wildman–Crippen MR) is 202 cm³/mol. The van der Waals surface area contributed by atoms with Crippen molar-refractivity contribution in [2.75, 3.05) is 0 Å². The average Bonchev–Trinajstić information content (AvgIpc) is 3.82. The van der Waals surface area contributed by atoms with Gasteiger partial charge in [0.2, 0.25) is 0 Å². The van der Waals surface area contributed by atoms with E-state index in [4.69, 9.17) is 4.42 Å². The molecule has 232 valence electrons. The fraction of sp³-hybridized carbons (Fsp3) is 0.0455. The van der Waals surface area contributed by atoms with E-state index in [1.807, 2.05) is 6.07 Å². The number of benzene rings is 6. The van der Waals surface area contributed by atoms with E-state index in [0.717, 1.165) is 44.2 Å². The van der Waals surface area contributed by atoms with Crippen molar-refractivity contribution in [2.24, 2.45) is 0 Å². The van der Waals surface area contributed by atoms with Crippen LogP contribution in [0, 0.1) is 0 Å². The van der Waals surface area contributed by atoms with Crippen molar-refractivity contribution in [2.45, 2.75) is 12.3 Å². The van der Waals surface area contributed by atoms with Gasteiger partial charge in [-0.05, 0) is 59.7 Å². The molecular weight excluding hydrogens is 601 g/mol. The van der Waals surface area contributed by atoms with Crippen LogP contribution in [0.2, 0.25) is 0 Å². The molecule has 0 fully saturated rings. The molecule has 2 aliphatic rings. The summed E-state index contributed by atoms with van der Waals surface area (Å²) in [5, 5.41) is 15.0. The number of hydrogen-bond acceptors (Lipinski definition) is 3. The summed E-state index contributed by atoms with van der Waals surface area (Å²) in [6.45, 7) is 0. The van der Waals surface area contributed by atoms with E-state index in [9.17, 15) is 0 Å². The van der Waals surface area contributed by atoms with E-state index in [1.54, 1.807) is 0 Å². The molecule has 9 aromatic rings. The maximum absolute atomic E-state index is 6.74. The highest BCUT2D eigenvalue weighted by atomic mass is 16.3. The second-order valence-corrected chi connectivity index (χ2v) is 13.0. The second-order valence-electron chi connectivity index (χ2n) is 13.0. The summed E-state index contributed by atoms with van der Waals surface area (Å²) in [5.74, 6) is 0. The first-order valence-electron chi connectivity index (χ1n) is 16.9. The van der Waals surface area contributed by atoms with Crippen LogP contribution in [-0.4, -0.2) is 15.2 Å². The lowest BCUT2D eigenvalue weighted by molar-refractivity contribution is 0.363. The lowest BCUT2D eigenvalue weighted by atomic mass is 9.94. The van der Waals surface area contributed by atoms with Crippen molar-refractivity contribution in [3.8, 4) is 5.69 Å². The molecule has 0 saturated heterocycles. The molecule has 4 heterocycles. The van der Waals surface area contributed by atoms with Crippen molar-refractivity contribution >= 4 is 71.2 Å². The van der Waals surface area contributed by atoms with Gasteiger partial charge in [0, 0.05) is 38.3 Å². The van der Waals surface area contributed by atoms with Crippen LogP contribution >= 0.6 is 0 Å². The highest BCUT2D eigenvalue weighted by Crippen LogP contribution is 2.45. The highest BCUT2D eigenvalue weighted by Gasteiger charge is 2.32. The number of hydrogen-bond donors (Lipinski definition) is 2. The summed E-state index contributed by atoms with van der Waals surface area (Å²) in [6.07, 6.45) is 8.49. The van der Waals surface area contributed by atoms with Crippen LogP contribution in [0.1, 0.15) is 11.9 Å². The van der Waals surface area contributed by atoms with E-state index in [0.29, 0.717) is 0 Å². The Morgan fingerprint density at radius 1 is 0.571 bits per heavy atom. The first kappa shape index (κ1) is 26.7. The van der Waals surface area contributed by atoms with Crippen molar-refractivity contribution in [3.63, 3.8) is 0 Å². The molecule has 11 rings (SSSR count). The maximum Gasteiger partial charge on any atom is 0.160 e. The molecule has 2 unspecified atom stereocenters. The zero-order valence-corrected chi connectivity index (χ0v) is 26.5. The van der Waals surface area contributed by atoms with Gasteiger partial charge in [-0.1, -0.05) is 109 Å². The van der Waals surface area contributed by atoms with Crippen molar-refractivity contribution in [1.29, 1.82) is 0 Å². The maximum atomic E-state index is 6.74. The van der Waals surface area contributed by atoms with Crippen LogP contribution in [0.3, 0.4) is 0 Å². The molecule has 49 heavy (non-hydrogen) atoms. The van der Waals surface area contributed by atoms with Gasteiger partial charge in [-0.15, -0.1) is 0 Å². The molecular formula is C44H30N4O. The molecule has 6 aromatic carbocycles. The number of nitrogens with zero attached hydrogens (tertiary/aromatic N) is 2. The van der Waals surface area contributed by atoms with Crippen LogP contribution in [-0.2, 0) is 0 Å². The van der Waals surface area contributed by atoms with E-state index in [-0.39, 0.29) is 12.3 Å². The Hall–Kier alpha value is -6.30. The summed E-state index contributed by atoms with van der Waals surface area (Å²) in [6, 6.07) is 47.6. The Morgan fingerprint density at radius 3 is 2.18 bits per heavy atom. The molecule has 2 atom stereocenters. The third-order valence-electron chi connectivity index (χ3n) is 10.4. The number of nitrogens with one attached hydrogen (secondary N) is 2. The molecule has 0 spiro atoms. The van der Waals surface area contributed by atoms with E-state index in [1.165, 1.54) is 43.8 Å². The number of allylic oxidation sites excluding steroid dienone is 2. The fourth-order valence-electron chi connectivity index (χ4n) is 8.33. The molecule has 2 N–H and O–H groups in total. The molecule has 0 radical (unpaired) electrons. The Morgan fingerprint density at radius 2 is 1.31 bits per heavy atom. The van der Waals surface area contributed by atoms with Crippen LogP contribution in [0.4, 0.5) is 0 Å². The Bertz CT molecular complexity index is 2880. The third kappa shape index (κ3) is 3.73. The lowest BCUT2D eigenvalue weighted by Gasteiger charge is -2.37. The molecule has 0 amide bonds. The largest absolute Gasteiger partial charge is 0.455 e. The van der Waals surface area contributed by atoms with Gasteiger partial charge in [-0.3, -0.25) is 5.32 Å². The van der Waals surface area contributed by atoms with Gasteiger partial charge in [0.25, 0.3) is 0 Å². The number of para-hydroxylation sites is 3. The summed E-state index contributed by atoms with van der Waals surface area (Å²) < 4.78 is 11.6. The van der Waals surface area contributed by atoms with Crippen molar-refractivity contribution in [1.82, 2.24) is 19.8 Å². The SMILES string of the molecule is C1=CC2=C(c3ccccc3)NC(n3c4ccc5c6ccccc6oc5c4c4ccc5c(c6ccccc6n5-c5ccccc5)c43)NC2C=C1. The first-order valence-corrected chi connectivity index (χ1v) is 16.9. The normalized spacial score (nSPS) is 17.6. The monoisotopic (exact) mass is 630 g/mol. The molecule has 1 aliphatic carbocycles. The molecule has 3 aromatic heterocycles. The van der Waals surface area contributed by atoms with Gasteiger partial charge in [-0.25, -0.2) is 0 Å². The molecule has 0 saturated carbocycles. The van der Waals surface area contributed by atoms with Crippen LogP contribution < -0.4 is 10.6 Å². The van der Waals surface area contributed by atoms with Gasteiger partial charge in [0.1, 0.15) is 11.2 Å². The zero-order valence-electron chi connectivity index (χ0n) is 26.5. The van der Waals surface area contributed by atoms with Gasteiger partial charge < -0.3 is 18.9 Å². The van der Waals surface area contributed by atoms with Crippen molar-refractivity contribution < 1.29 is 4.42 Å². The number of aromatic nitrogens is 2. The van der Waals surface area contributed by atoms with Gasteiger partial charge in [0.15, 0.2) is 6.29 Å². The van der Waals surface area contributed by atoms with E-state index < -0.39 is 0 Å². The minimum atomic E-state index is -0.258. The Labute approximate surface area is 281 Å². The van der Waals surface area contributed by atoms with Gasteiger partial charge in [-0.2, -0.15) is 0 Å². The van der Waals surface area contributed by atoms with Crippen LogP contribution in [0.25, 0.3) is 76.9 Å². The molecule has 1 aliphatic heterocycles. The van der Waals surface area contributed by atoms with Crippen LogP contribution in [0.5, 0.6) is 0 Å². The van der Waals surface area contributed by atoms with E-state index >= 15 is 0 Å². The van der Waals surface area contributed by atoms with Crippen molar-refractivity contribution in [3.05, 3.63) is 169 Å². The van der Waals surface area contributed by atoms with Gasteiger partial charge in [0.05, 0.1) is 33.5 Å². The number of furan rings is 1. The molecule has 5 heteroatoms. The highest BCUT2D eigenvalue weighted by molar-refractivity contribution is 6.30. The summed E-state index contributed by atoms with van der Waals surface area (Å²) in [4.78, 5) is 0. The minimum absolute atomic E-state index is 0.0405.